The van der Waals surface area contributed by atoms with Gasteiger partial charge in [-0.1, -0.05) is 23.7 Å². The minimum atomic E-state index is -4.66. The van der Waals surface area contributed by atoms with Crippen LogP contribution in [0.1, 0.15) is 11.1 Å². The fourth-order valence-electron chi connectivity index (χ4n) is 4.06. The first kappa shape index (κ1) is 30.3. The molecule has 0 radical (unpaired) electrons. The lowest BCUT2D eigenvalue weighted by Gasteiger charge is -2.36. The first-order valence-electron chi connectivity index (χ1n) is 12.0. The first-order valence-corrected chi connectivity index (χ1v) is 13.8. The van der Waals surface area contributed by atoms with Gasteiger partial charge in [0.05, 0.1) is 21.0 Å². The van der Waals surface area contributed by atoms with Crippen molar-refractivity contribution in [2.75, 3.05) is 42.4 Å². The first-order chi connectivity index (χ1) is 19.1. The predicted octanol–water partition coefficient (Wildman–Crippen LogP) is 5.91. The van der Waals surface area contributed by atoms with Crippen LogP contribution in [0.5, 0.6) is 5.75 Å². The highest BCUT2D eigenvalue weighted by Gasteiger charge is 2.32. The van der Waals surface area contributed by atoms with E-state index >= 15 is 0 Å². The number of ether oxygens (including phenoxy) is 1. The second kappa shape index (κ2) is 11.7. The Morgan fingerprint density at radius 1 is 0.854 bits per heavy atom. The van der Waals surface area contributed by atoms with Gasteiger partial charge in [0.25, 0.3) is 15.9 Å². The van der Waals surface area contributed by atoms with Crippen molar-refractivity contribution in [3.05, 3.63) is 82.9 Å². The maximum atomic E-state index is 13.0. The average molecular weight is 622 g/mol. The number of carbonyl (C=O) groups is 1. The third-order valence-corrected chi connectivity index (χ3v) is 7.85. The van der Waals surface area contributed by atoms with E-state index in [-0.39, 0.29) is 34.4 Å². The lowest BCUT2D eigenvalue weighted by atomic mass is 10.1. The largest absolute Gasteiger partial charge is 0.482 e. The number of piperazine rings is 1. The smallest absolute Gasteiger partial charge is 0.416 e. The maximum absolute atomic E-state index is 13.0. The van der Waals surface area contributed by atoms with E-state index in [9.17, 15) is 39.6 Å². The molecule has 3 aromatic carbocycles. The summed E-state index contributed by atoms with van der Waals surface area (Å²) < 4.78 is 111. The summed E-state index contributed by atoms with van der Waals surface area (Å²) >= 11 is 6.15. The number of alkyl halides is 6. The molecule has 0 aromatic heterocycles. The lowest BCUT2D eigenvalue weighted by molar-refractivity contribution is -0.138. The average Bonchev–Trinajstić information content (AvgIpc) is 2.91. The molecule has 1 aliphatic rings. The van der Waals surface area contributed by atoms with Gasteiger partial charge in [-0.3, -0.25) is 9.52 Å². The number of nitrogens with zero attached hydrogens (tertiary/aromatic N) is 2. The zero-order valence-corrected chi connectivity index (χ0v) is 22.5. The van der Waals surface area contributed by atoms with Gasteiger partial charge in [-0.2, -0.15) is 26.3 Å². The second-order valence-corrected chi connectivity index (χ2v) is 11.1. The number of halogens is 7. The monoisotopic (exact) mass is 621 g/mol. The van der Waals surface area contributed by atoms with E-state index in [0.29, 0.717) is 24.8 Å². The third kappa shape index (κ3) is 7.55. The molecule has 7 nitrogen and oxygen atoms in total. The van der Waals surface area contributed by atoms with Gasteiger partial charge >= 0.3 is 12.4 Å². The van der Waals surface area contributed by atoms with Crippen molar-refractivity contribution in [1.82, 2.24) is 4.90 Å². The zero-order chi connectivity index (χ0) is 30.0. The third-order valence-electron chi connectivity index (χ3n) is 6.18. The Kier molecular flexibility index (Phi) is 8.64. The van der Waals surface area contributed by atoms with E-state index in [1.807, 2.05) is 0 Å². The zero-order valence-electron chi connectivity index (χ0n) is 21.0. The number of carbonyl (C=O) groups excluding carboxylic acids is 1. The van der Waals surface area contributed by atoms with Crippen LogP contribution in [0.3, 0.4) is 0 Å². The van der Waals surface area contributed by atoms with Crippen molar-refractivity contribution in [2.45, 2.75) is 17.2 Å². The molecular weight excluding hydrogens is 600 g/mol. The van der Waals surface area contributed by atoms with Crippen LogP contribution in [-0.2, 0) is 27.2 Å². The molecule has 0 aliphatic carbocycles. The molecule has 3 aromatic rings. The predicted molar refractivity (Wildman–Crippen MR) is 139 cm³/mol. The standard InChI is InChI=1S/C26H22ClF6N3O4S/c27-22-15-21(41(38,39)34-19-5-1-3-17(13-19)25(28,29)30)7-8-23(22)40-16-24(37)36-11-9-35(10-12-36)20-6-2-4-18(14-20)26(31,32)33/h1-8,13-15,34H,9-12,16H2. The van der Waals surface area contributed by atoms with Crippen LogP contribution < -0.4 is 14.4 Å². The van der Waals surface area contributed by atoms with Crippen LogP contribution in [0, 0.1) is 0 Å². The Morgan fingerprint density at radius 3 is 2.07 bits per heavy atom. The van der Waals surface area contributed by atoms with E-state index in [0.717, 1.165) is 42.5 Å². The van der Waals surface area contributed by atoms with E-state index in [1.54, 1.807) is 11.0 Å². The number of rotatable bonds is 7. The van der Waals surface area contributed by atoms with Crippen molar-refractivity contribution in [2.24, 2.45) is 0 Å². The number of anilines is 2. The molecule has 220 valence electrons. The highest BCUT2D eigenvalue weighted by molar-refractivity contribution is 7.92. The fourth-order valence-corrected chi connectivity index (χ4v) is 5.44. The summed E-state index contributed by atoms with van der Waals surface area (Å²) in [5, 5.41) is -0.154. The van der Waals surface area contributed by atoms with Crippen molar-refractivity contribution in [3.63, 3.8) is 0 Å². The van der Waals surface area contributed by atoms with Gasteiger partial charge in [0, 0.05) is 37.6 Å². The number of hydrogen-bond acceptors (Lipinski definition) is 5. The van der Waals surface area contributed by atoms with Crippen LogP contribution in [0.15, 0.2) is 71.6 Å². The van der Waals surface area contributed by atoms with Crippen LogP contribution >= 0.6 is 11.6 Å². The Balaban J connectivity index is 1.33. The summed E-state index contributed by atoms with van der Waals surface area (Å²) in [6.07, 6.45) is -9.12. The van der Waals surface area contributed by atoms with Gasteiger partial charge in [0.1, 0.15) is 5.75 Å². The normalized spacial score (nSPS) is 14.6. The molecule has 0 spiro atoms. The van der Waals surface area contributed by atoms with Crippen LogP contribution in [0.25, 0.3) is 0 Å². The van der Waals surface area contributed by atoms with Crippen LogP contribution in [0.4, 0.5) is 37.7 Å². The van der Waals surface area contributed by atoms with E-state index in [1.165, 1.54) is 17.0 Å². The lowest BCUT2D eigenvalue weighted by Crippen LogP contribution is -2.50. The van der Waals surface area contributed by atoms with E-state index < -0.39 is 46.0 Å². The Bertz CT molecular complexity index is 1520. The second-order valence-electron chi connectivity index (χ2n) is 8.98. The number of hydrogen-bond donors (Lipinski definition) is 1. The molecule has 1 N–H and O–H groups in total. The topological polar surface area (TPSA) is 78.9 Å². The van der Waals surface area contributed by atoms with Gasteiger partial charge in [-0.05, 0) is 54.6 Å². The van der Waals surface area contributed by atoms with Crippen LogP contribution in [-0.4, -0.2) is 52.0 Å². The minimum absolute atomic E-state index is 0.000590. The molecule has 0 saturated carbocycles. The highest BCUT2D eigenvalue weighted by Crippen LogP contribution is 2.33. The molecule has 0 bridgehead atoms. The summed E-state index contributed by atoms with van der Waals surface area (Å²) in [7, 11) is -4.30. The molecule has 0 atom stereocenters. The molecule has 1 aliphatic heterocycles. The number of amides is 1. The summed E-state index contributed by atoms with van der Waals surface area (Å²) in [6.45, 7) is 0.658. The number of benzene rings is 3. The molecule has 4 rings (SSSR count). The van der Waals surface area contributed by atoms with E-state index in [2.05, 4.69) is 4.72 Å². The summed E-state index contributed by atoms with van der Waals surface area (Å²) in [6, 6.07) is 12.0. The molecule has 1 heterocycles. The number of nitrogens with one attached hydrogen (secondary N) is 1. The number of sulfonamides is 1. The Morgan fingerprint density at radius 2 is 1.46 bits per heavy atom. The quantitative estimate of drug-likeness (QED) is 0.332. The maximum Gasteiger partial charge on any atom is 0.416 e. The van der Waals surface area contributed by atoms with E-state index in [4.69, 9.17) is 16.3 Å². The Hall–Kier alpha value is -3.65. The minimum Gasteiger partial charge on any atom is -0.482 e. The molecule has 1 amide bonds. The Labute approximate surface area is 236 Å². The van der Waals surface area contributed by atoms with Crippen molar-refractivity contribution in [3.8, 4) is 5.75 Å². The van der Waals surface area contributed by atoms with Crippen LogP contribution in [0.2, 0.25) is 5.02 Å². The van der Waals surface area contributed by atoms with Gasteiger partial charge in [0.2, 0.25) is 0 Å². The summed E-state index contributed by atoms with van der Waals surface area (Å²) in [5.74, 6) is -0.409. The molecular formula is C26H22ClF6N3O4S. The van der Waals surface area contributed by atoms with Gasteiger partial charge in [0.15, 0.2) is 6.61 Å². The summed E-state index contributed by atoms with van der Waals surface area (Å²) in [5.41, 5.74) is -1.69. The highest BCUT2D eigenvalue weighted by atomic mass is 35.5. The van der Waals surface area contributed by atoms with Gasteiger partial charge in [-0.25, -0.2) is 8.42 Å². The molecule has 0 unspecified atom stereocenters. The molecule has 1 saturated heterocycles. The van der Waals surface area contributed by atoms with Gasteiger partial charge in [-0.15, -0.1) is 0 Å². The van der Waals surface area contributed by atoms with Crippen molar-refractivity contribution < 1.29 is 44.3 Å². The molecule has 41 heavy (non-hydrogen) atoms. The fraction of sp³-hybridized carbons (Fsp3) is 0.269. The molecule has 1 fully saturated rings. The van der Waals surface area contributed by atoms with Crippen molar-refractivity contribution in [1.29, 1.82) is 0 Å². The SMILES string of the molecule is O=C(COc1ccc(S(=O)(=O)Nc2cccc(C(F)(F)F)c2)cc1Cl)N1CCN(c2cccc(C(F)(F)F)c2)CC1. The molecule has 15 heteroatoms. The van der Waals surface area contributed by atoms with Gasteiger partial charge < -0.3 is 14.5 Å². The summed E-state index contributed by atoms with van der Waals surface area (Å²) in [4.78, 5) is 15.5. The van der Waals surface area contributed by atoms with Crippen molar-refractivity contribution >= 4 is 38.9 Å².